The quantitative estimate of drug-likeness (QED) is 0.914. The van der Waals surface area contributed by atoms with E-state index in [9.17, 15) is 4.79 Å². The molecule has 2 aromatic rings. The topological polar surface area (TPSA) is 75.3 Å². The second kappa shape index (κ2) is 6.11. The maximum atomic E-state index is 11.7. The molecule has 1 aromatic carbocycles. The van der Waals surface area contributed by atoms with Gasteiger partial charge in [0.05, 0.1) is 0 Å². The van der Waals surface area contributed by atoms with Crippen LogP contribution < -0.4 is 10.6 Å². The third kappa shape index (κ3) is 2.92. The van der Waals surface area contributed by atoms with E-state index in [4.69, 9.17) is 5.73 Å². The molecule has 1 aliphatic rings. The van der Waals surface area contributed by atoms with E-state index in [1.807, 2.05) is 30.3 Å². The van der Waals surface area contributed by atoms with Crippen LogP contribution in [0.4, 0.5) is 5.82 Å². The maximum Gasteiger partial charge on any atom is 0.254 e. The molecule has 0 spiro atoms. The Kier molecular flexibility index (Phi) is 4.02. The second-order valence-electron chi connectivity index (χ2n) is 5.45. The van der Waals surface area contributed by atoms with Crippen molar-refractivity contribution in [3.63, 3.8) is 0 Å². The van der Waals surface area contributed by atoms with Gasteiger partial charge in [0.2, 0.25) is 0 Å². The summed E-state index contributed by atoms with van der Waals surface area (Å²) in [5, 5.41) is 0. The first-order valence-corrected chi connectivity index (χ1v) is 7.31. The van der Waals surface area contributed by atoms with E-state index in [-0.39, 0.29) is 0 Å². The summed E-state index contributed by atoms with van der Waals surface area (Å²) < 4.78 is 0. The van der Waals surface area contributed by atoms with E-state index in [1.54, 1.807) is 0 Å². The van der Waals surface area contributed by atoms with Gasteiger partial charge in [-0.25, -0.2) is 9.97 Å². The lowest BCUT2D eigenvalue weighted by molar-refractivity contribution is 0.1000. The van der Waals surface area contributed by atoms with E-state index >= 15 is 0 Å². The molecule has 2 heterocycles. The summed E-state index contributed by atoms with van der Waals surface area (Å²) in [5.74, 6) is 0.752. The lowest BCUT2D eigenvalue weighted by Crippen LogP contribution is -2.45. The number of aromatic nitrogens is 2. The summed E-state index contributed by atoms with van der Waals surface area (Å²) in [6, 6.07) is 9.73. The van der Waals surface area contributed by atoms with E-state index in [0.717, 1.165) is 31.7 Å². The highest BCUT2D eigenvalue weighted by Gasteiger charge is 2.21. The maximum absolute atomic E-state index is 11.7. The van der Waals surface area contributed by atoms with Crippen molar-refractivity contribution in [1.29, 1.82) is 0 Å². The van der Waals surface area contributed by atoms with E-state index in [2.05, 4.69) is 26.8 Å². The van der Waals surface area contributed by atoms with Gasteiger partial charge in [-0.05, 0) is 7.05 Å². The van der Waals surface area contributed by atoms with Crippen LogP contribution in [0.1, 0.15) is 10.4 Å². The zero-order valence-corrected chi connectivity index (χ0v) is 12.6. The molecule has 1 saturated heterocycles. The highest BCUT2D eigenvalue weighted by atomic mass is 16.1. The Bertz CT molecular complexity index is 665. The summed E-state index contributed by atoms with van der Waals surface area (Å²) in [6.45, 7) is 3.51. The van der Waals surface area contributed by atoms with Crippen molar-refractivity contribution in [3.8, 4) is 11.4 Å². The number of primary amides is 1. The van der Waals surface area contributed by atoms with Crippen LogP contribution in [0.3, 0.4) is 0 Å². The van der Waals surface area contributed by atoms with Crippen molar-refractivity contribution in [2.45, 2.75) is 0 Å². The van der Waals surface area contributed by atoms with Crippen LogP contribution in [0.5, 0.6) is 0 Å². The number of piperazine rings is 1. The summed E-state index contributed by atoms with van der Waals surface area (Å²) in [5.41, 5.74) is 6.79. The van der Waals surface area contributed by atoms with Crippen LogP contribution in [0.25, 0.3) is 11.4 Å². The fourth-order valence-electron chi connectivity index (χ4n) is 2.53. The van der Waals surface area contributed by atoms with Crippen LogP contribution in [-0.2, 0) is 0 Å². The highest BCUT2D eigenvalue weighted by molar-refractivity contribution is 5.97. The number of carbonyl (C=O) groups excluding carboxylic acids is 1. The Morgan fingerprint density at radius 1 is 1.14 bits per heavy atom. The van der Waals surface area contributed by atoms with Gasteiger partial charge in [-0.1, -0.05) is 30.3 Å². The SMILES string of the molecule is CN1CCN(c2nc(-c3ccccc3)ncc2C(N)=O)CC1. The number of anilines is 1. The fourth-order valence-corrected chi connectivity index (χ4v) is 2.53. The number of benzene rings is 1. The number of hydrogen-bond donors (Lipinski definition) is 1. The smallest absolute Gasteiger partial charge is 0.254 e. The molecule has 22 heavy (non-hydrogen) atoms. The minimum absolute atomic E-state index is 0.379. The van der Waals surface area contributed by atoms with E-state index in [1.165, 1.54) is 6.20 Å². The molecule has 0 aliphatic carbocycles. The number of rotatable bonds is 3. The van der Waals surface area contributed by atoms with Gasteiger partial charge in [-0.15, -0.1) is 0 Å². The Balaban J connectivity index is 2.00. The van der Waals surface area contributed by atoms with Gasteiger partial charge in [0.15, 0.2) is 5.82 Å². The first-order chi connectivity index (χ1) is 10.6. The molecule has 114 valence electrons. The largest absolute Gasteiger partial charge is 0.365 e. The van der Waals surface area contributed by atoms with Crippen LogP contribution in [0.2, 0.25) is 0 Å². The average Bonchev–Trinajstić information content (AvgIpc) is 2.56. The molecule has 0 radical (unpaired) electrons. The molecule has 6 nitrogen and oxygen atoms in total. The average molecular weight is 297 g/mol. The summed E-state index contributed by atoms with van der Waals surface area (Å²) in [7, 11) is 2.09. The van der Waals surface area contributed by atoms with Gasteiger partial charge >= 0.3 is 0 Å². The molecule has 0 atom stereocenters. The first kappa shape index (κ1) is 14.5. The molecule has 0 unspecified atom stereocenters. The lowest BCUT2D eigenvalue weighted by atomic mass is 10.2. The number of nitrogens with two attached hydrogens (primary N) is 1. The first-order valence-electron chi connectivity index (χ1n) is 7.31. The Hall–Kier alpha value is -2.47. The molecule has 1 aliphatic heterocycles. The molecule has 1 aromatic heterocycles. The summed E-state index contributed by atoms with van der Waals surface area (Å²) in [4.78, 5) is 24.9. The Morgan fingerprint density at radius 3 is 2.45 bits per heavy atom. The van der Waals surface area contributed by atoms with Crippen LogP contribution in [0.15, 0.2) is 36.5 Å². The highest BCUT2D eigenvalue weighted by Crippen LogP contribution is 2.23. The number of carbonyl (C=O) groups is 1. The summed E-state index contributed by atoms with van der Waals surface area (Å²) >= 11 is 0. The van der Waals surface area contributed by atoms with E-state index in [0.29, 0.717) is 17.2 Å². The molecule has 2 N–H and O–H groups in total. The number of amides is 1. The molecular formula is C16H19N5O. The molecule has 1 amide bonds. The minimum Gasteiger partial charge on any atom is -0.365 e. The van der Waals surface area contributed by atoms with Gasteiger partial charge in [0, 0.05) is 37.9 Å². The molecular weight excluding hydrogens is 278 g/mol. The minimum atomic E-state index is -0.492. The molecule has 0 bridgehead atoms. The van der Waals surface area contributed by atoms with Gasteiger partial charge in [0.25, 0.3) is 5.91 Å². The van der Waals surface area contributed by atoms with Crippen LogP contribution in [0, 0.1) is 0 Å². The molecule has 6 heteroatoms. The van der Waals surface area contributed by atoms with Gasteiger partial charge in [-0.2, -0.15) is 0 Å². The Labute approximate surface area is 129 Å². The molecule has 1 fully saturated rings. The predicted octanol–water partition coefficient (Wildman–Crippen LogP) is 0.994. The van der Waals surface area contributed by atoms with Crippen molar-refractivity contribution in [2.24, 2.45) is 5.73 Å². The van der Waals surface area contributed by atoms with Gasteiger partial charge in [-0.3, -0.25) is 4.79 Å². The third-order valence-electron chi connectivity index (χ3n) is 3.87. The zero-order chi connectivity index (χ0) is 15.5. The van der Waals surface area contributed by atoms with Crippen molar-refractivity contribution in [1.82, 2.24) is 14.9 Å². The molecule has 0 saturated carbocycles. The third-order valence-corrected chi connectivity index (χ3v) is 3.87. The van der Waals surface area contributed by atoms with Crippen molar-refractivity contribution < 1.29 is 4.79 Å². The van der Waals surface area contributed by atoms with Crippen molar-refractivity contribution >= 4 is 11.7 Å². The normalized spacial score (nSPS) is 15.8. The summed E-state index contributed by atoms with van der Waals surface area (Å²) in [6.07, 6.45) is 1.53. The van der Waals surface area contributed by atoms with Crippen molar-refractivity contribution in [3.05, 3.63) is 42.1 Å². The second-order valence-corrected chi connectivity index (χ2v) is 5.45. The number of hydrogen-bond acceptors (Lipinski definition) is 5. The van der Waals surface area contributed by atoms with Crippen LogP contribution in [-0.4, -0.2) is 54.0 Å². The van der Waals surface area contributed by atoms with E-state index < -0.39 is 5.91 Å². The zero-order valence-electron chi connectivity index (χ0n) is 12.6. The number of nitrogens with zero attached hydrogens (tertiary/aromatic N) is 4. The fraction of sp³-hybridized carbons (Fsp3) is 0.312. The van der Waals surface area contributed by atoms with Crippen molar-refractivity contribution in [2.75, 3.05) is 38.1 Å². The van der Waals surface area contributed by atoms with Gasteiger partial charge in [0.1, 0.15) is 11.4 Å². The van der Waals surface area contributed by atoms with Gasteiger partial charge < -0.3 is 15.5 Å². The monoisotopic (exact) mass is 297 g/mol. The lowest BCUT2D eigenvalue weighted by Gasteiger charge is -2.34. The predicted molar refractivity (Wildman–Crippen MR) is 85.7 cm³/mol. The van der Waals surface area contributed by atoms with Crippen LogP contribution >= 0.6 is 0 Å². The molecule has 3 rings (SSSR count). The standard InChI is InChI=1S/C16H19N5O/c1-20-7-9-21(10-8-20)16-13(14(17)22)11-18-15(19-16)12-5-3-2-4-6-12/h2-6,11H,7-10H2,1H3,(H2,17,22). The Morgan fingerprint density at radius 2 is 1.82 bits per heavy atom. The number of likely N-dealkylation sites (N-methyl/N-ethyl adjacent to an activating group) is 1.